The number of amides is 1. The van der Waals surface area contributed by atoms with Crippen LogP contribution in [0.3, 0.4) is 0 Å². The second-order valence-corrected chi connectivity index (χ2v) is 4.46. The van der Waals surface area contributed by atoms with Gasteiger partial charge in [-0.1, -0.05) is 30.3 Å². The van der Waals surface area contributed by atoms with Gasteiger partial charge in [0.15, 0.2) is 0 Å². The van der Waals surface area contributed by atoms with E-state index in [4.69, 9.17) is 5.73 Å². The summed E-state index contributed by atoms with van der Waals surface area (Å²) in [6.45, 7) is 0.429. The van der Waals surface area contributed by atoms with Gasteiger partial charge in [-0.3, -0.25) is 4.79 Å². The lowest BCUT2D eigenvalue weighted by atomic mass is 10.1. The van der Waals surface area contributed by atoms with E-state index in [-0.39, 0.29) is 17.2 Å². The van der Waals surface area contributed by atoms with Crippen LogP contribution in [0.25, 0.3) is 0 Å². The van der Waals surface area contributed by atoms with Crippen molar-refractivity contribution in [1.82, 2.24) is 5.32 Å². The third-order valence-electron chi connectivity index (χ3n) is 3.01. The number of nitrogens with one attached hydrogen (secondary N) is 1. The molecule has 0 aliphatic rings. The van der Waals surface area contributed by atoms with Crippen LogP contribution in [0.15, 0.2) is 48.5 Å². The van der Waals surface area contributed by atoms with Gasteiger partial charge in [0.25, 0.3) is 5.91 Å². The first kappa shape index (κ1) is 14.6. The van der Waals surface area contributed by atoms with Crippen molar-refractivity contribution in [2.75, 3.05) is 12.8 Å². The Morgan fingerprint density at radius 2 is 1.86 bits per heavy atom. The molecule has 2 aromatic rings. The van der Waals surface area contributed by atoms with Gasteiger partial charge in [-0.05, 0) is 23.8 Å². The van der Waals surface area contributed by atoms with Crippen molar-refractivity contribution < 1.29 is 14.3 Å². The van der Waals surface area contributed by atoms with Gasteiger partial charge in [-0.25, -0.2) is 4.79 Å². The number of nitrogen functional groups attached to an aromatic ring is 1. The summed E-state index contributed by atoms with van der Waals surface area (Å²) in [4.78, 5) is 23.5. The summed E-state index contributed by atoms with van der Waals surface area (Å²) in [7, 11) is 1.28. The highest BCUT2D eigenvalue weighted by atomic mass is 16.5. The number of esters is 1. The van der Waals surface area contributed by atoms with Gasteiger partial charge < -0.3 is 15.8 Å². The second kappa shape index (κ2) is 6.56. The van der Waals surface area contributed by atoms with Crippen LogP contribution >= 0.6 is 0 Å². The minimum absolute atomic E-state index is 0.217. The maximum absolute atomic E-state index is 12.0. The van der Waals surface area contributed by atoms with Gasteiger partial charge in [0.05, 0.1) is 12.7 Å². The molecular weight excluding hydrogens is 268 g/mol. The zero-order valence-electron chi connectivity index (χ0n) is 11.6. The molecule has 0 atom stereocenters. The molecule has 0 spiro atoms. The first-order valence-electron chi connectivity index (χ1n) is 6.42. The number of ether oxygens (including phenoxy) is 1. The number of benzene rings is 2. The summed E-state index contributed by atoms with van der Waals surface area (Å²) in [5, 5.41) is 2.79. The van der Waals surface area contributed by atoms with Crippen molar-refractivity contribution in [3.8, 4) is 0 Å². The Bertz CT molecular complexity index is 654. The molecule has 5 nitrogen and oxygen atoms in total. The van der Waals surface area contributed by atoms with Crippen LogP contribution in [0.4, 0.5) is 5.69 Å². The van der Waals surface area contributed by atoms with E-state index in [2.05, 4.69) is 10.1 Å². The molecule has 2 aromatic carbocycles. The van der Waals surface area contributed by atoms with Crippen LogP contribution < -0.4 is 11.1 Å². The zero-order chi connectivity index (χ0) is 15.2. The Labute approximate surface area is 122 Å². The molecular formula is C16H16N2O3. The van der Waals surface area contributed by atoms with Crippen LogP contribution in [0, 0.1) is 0 Å². The maximum atomic E-state index is 12.0. The van der Waals surface area contributed by atoms with Crippen molar-refractivity contribution in [3.05, 3.63) is 65.2 Å². The molecule has 21 heavy (non-hydrogen) atoms. The van der Waals surface area contributed by atoms with E-state index in [1.807, 2.05) is 30.3 Å². The number of rotatable bonds is 4. The number of anilines is 1. The molecule has 3 N–H and O–H groups in total. The molecule has 0 fully saturated rings. The highest BCUT2D eigenvalue weighted by molar-refractivity contribution is 5.99. The summed E-state index contributed by atoms with van der Waals surface area (Å²) in [5.74, 6) is -0.772. The average molecular weight is 284 g/mol. The molecule has 0 saturated carbocycles. The van der Waals surface area contributed by atoms with Gasteiger partial charge >= 0.3 is 5.97 Å². The average Bonchev–Trinajstić information content (AvgIpc) is 2.52. The van der Waals surface area contributed by atoms with Crippen LogP contribution in [-0.2, 0) is 11.3 Å². The van der Waals surface area contributed by atoms with Crippen LogP contribution in [-0.4, -0.2) is 19.0 Å². The van der Waals surface area contributed by atoms with E-state index in [9.17, 15) is 9.59 Å². The molecule has 0 radical (unpaired) electrons. The molecule has 108 valence electrons. The third-order valence-corrected chi connectivity index (χ3v) is 3.01. The second-order valence-electron chi connectivity index (χ2n) is 4.46. The van der Waals surface area contributed by atoms with E-state index in [0.29, 0.717) is 12.1 Å². The quantitative estimate of drug-likeness (QED) is 0.664. The lowest BCUT2D eigenvalue weighted by molar-refractivity contribution is 0.0601. The van der Waals surface area contributed by atoms with E-state index in [1.165, 1.54) is 19.2 Å². The van der Waals surface area contributed by atoms with E-state index in [1.54, 1.807) is 6.07 Å². The Morgan fingerprint density at radius 3 is 2.48 bits per heavy atom. The summed E-state index contributed by atoms with van der Waals surface area (Å²) in [6, 6.07) is 14.1. The Kier molecular flexibility index (Phi) is 4.56. The monoisotopic (exact) mass is 284 g/mol. The highest BCUT2D eigenvalue weighted by Gasteiger charge is 2.13. The molecule has 1 amide bonds. The van der Waals surface area contributed by atoms with Crippen molar-refractivity contribution in [2.45, 2.75) is 6.54 Å². The molecule has 0 unspecified atom stereocenters. The molecule has 0 aliphatic carbocycles. The fourth-order valence-corrected chi connectivity index (χ4v) is 1.88. The van der Waals surface area contributed by atoms with Crippen molar-refractivity contribution >= 4 is 17.6 Å². The lowest BCUT2D eigenvalue weighted by Gasteiger charge is -2.08. The molecule has 0 bridgehead atoms. The smallest absolute Gasteiger partial charge is 0.339 e. The molecule has 0 saturated heterocycles. The van der Waals surface area contributed by atoms with Crippen LogP contribution in [0.2, 0.25) is 0 Å². The van der Waals surface area contributed by atoms with E-state index in [0.717, 1.165) is 5.56 Å². The summed E-state index contributed by atoms with van der Waals surface area (Å²) < 4.78 is 4.60. The number of nitrogens with two attached hydrogens (primary N) is 1. The number of hydrogen-bond acceptors (Lipinski definition) is 4. The van der Waals surface area contributed by atoms with Gasteiger partial charge in [0.2, 0.25) is 0 Å². The lowest BCUT2D eigenvalue weighted by Crippen LogP contribution is -2.23. The highest BCUT2D eigenvalue weighted by Crippen LogP contribution is 2.15. The predicted molar refractivity (Wildman–Crippen MR) is 79.8 cm³/mol. The molecule has 2 rings (SSSR count). The minimum atomic E-state index is -0.524. The van der Waals surface area contributed by atoms with E-state index < -0.39 is 5.97 Å². The van der Waals surface area contributed by atoms with Crippen molar-refractivity contribution in [3.63, 3.8) is 0 Å². The van der Waals surface area contributed by atoms with Gasteiger partial charge in [0, 0.05) is 17.8 Å². The Balaban J connectivity index is 2.06. The number of hydrogen-bond donors (Lipinski definition) is 2. The number of carbonyl (C=O) groups excluding carboxylic acids is 2. The molecule has 5 heteroatoms. The Hall–Kier alpha value is -2.82. The standard InChI is InChI=1S/C16H16N2O3/c1-21-16(20)13-8-7-12(9-14(13)17)15(19)18-10-11-5-3-2-4-6-11/h2-9H,10,17H2,1H3,(H,18,19). The first-order valence-corrected chi connectivity index (χ1v) is 6.42. The first-order chi connectivity index (χ1) is 10.1. The molecule has 0 heterocycles. The molecule has 0 aliphatic heterocycles. The van der Waals surface area contributed by atoms with Crippen molar-refractivity contribution in [2.24, 2.45) is 0 Å². The van der Waals surface area contributed by atoms with Crippen LogP contribution in [0.1, 0.15) is 26.3 Å². The fraction of sp³-hybridized carbons (Fsp3) is 0.125. The van der Waals surface area contributed by atoms with Crippen LogP contribution in [0.5, 0.6) is 0 Å². The SMILES string of the molecule is COC(=O)c1ccc(C(=O)NCc2ccccc2)cc1N. The number of carbonyl (C=O) groups is 2. The topological polar surface area (TPSA) is 81.4 Å². The molecule has 0 aromatic heterocycles. The van der Waals surface area contributed by atoms with E-state index >= 15 is 0 Å². The van der Waals surface area contributed by atoms with Gasteiger partial charge in [-0.2, -0.15) is 0 Å². The number of methoxy groups -OCH3 is 1. The van der Waals surface area contributed by atoms with Gasteiger partial charge in [0.1, 0.15) is 0 Å². The third kappa shape index (κ3) is 3.60. The Morgan fingerprint density at radius 1 is 1.14 bits per heavy atom. The maximum Gasteiger partial charge on any atom is 0.339 e. The summed E-state index contributed by atoms with van der Waals surface area (Å²) >= 11 is 0. The van der Waals surface area contributed by atoms with Gasteiger partial charge in [-0.15, -0.1) is 0 Å². The predicted octanol–water partition coefficient (Wildman–Crippen LogP) is 1.99. The van der Waals surface area contributed by atoms with Crippen molar-refractivity contribution in [1.29, 1.82) is 0 Å². The summed E-state index contributed by atoms with van der Waals surface area (Å²) in [5.41, 5.74) is 7.63. The largest absolute Gasteiger partial charge is 0.465 e. The normalized spacial score (nSPS) is 9.95. The fourth-order valence-electron chi connectivity index (χ4n) is 1.88. The zero-order valence-corrected chi connectivity index (χ0v) is 11.6. The summed E-state index contributed by atoms with van der Waals surface area (Å²) in [6.07, 6.45) is 0. The minimum Gasteiger partial charge on any atom is -0.465 e.